The van der Waals surface area contributed by atoms with Crippen LogP contribution in [-0.2, 0) is 5.72 Å². The Morgan fingerprint density at radius 1 is 0.771 bits per heavy atom. The Morgan fingerprint density at radius 3 is 2.09 bits per heavy atom. The lowest BCUT2D eigenvalue weighted by molar-refractivity contribution is 0.164. The van der Waals surface area contributed by atoms with Gasteiger partial charge in [-0.15, -0.1) is 0 Å². The van der Waals surface area contributed by atoms with Gasteiger partial charge in [0.15, 0.2) is 5.76 Å². The molecule has 0 atom stereocenters. The molecule has 7 nitrogen and oxygen atoms in total. The van der Waals surface area contributed by atoms with Gasteiger partial charge in [0, 0.05) is 28.8 Å². The second kappa shape index (κ2) is 7.56. The normalized spacial score (nSPS) is 13.7. The SMILES string of the molecule is O=c1c(O)c(-c2ccc3c(c2)OC(c2ccccc2)(c2ccccc2)N3)oc2cc(O)cc(O)c12. The standard InChI is InChI=1S/C28H19NO6/c30-19-14-21(31)24-23(15-19)34-27(26(33)25(24)32)16-11-12-20-22(13-16)35-28(29-20,17-7-3-1-4-8-17)18-9-5-2-6-10-18/h1-15,29-31,33H. The number of fused-ring (bicyclic) bond motifs is 2. The molecule has 172 valence electrons. The van der Waals surface area contributed by atoms with Gasteiger partial charge >= 0.3 is 0 Å². The average molecular weight is 465 g/mol. The van der Waals surface area contributed by atoms with Crippen LogP contribution in [-0.4, -0.2) is 15.3 Å². The van der Waals surface area contributed by atoms with Gasteiger partial charge in [0.1, 0.15) is 28.2 Å². The molecule has 0 bridgehead atoms. The number of ether oxygens (including phenoxy) is 1. The van der Waals surface area contributed by atoms with Crippen molar-refractivity contribution in [2.75, 3.05) is 5.32 Å². The van der Waals surface area contributed by atoms with E-state index in [9.17, 15) is 20.1 Å². The fraction of sp³-hybridized carbons (Fsp3) is 0.0357. The summed E-state index contributed by atoms with van der Waals surface area (Å²) in [5.41, 5.74) is 1.07. The smallest absolute Gasteiger partial charge is 0.238 e. The van der Waals surface area contributed by atoms with Gasteiger partial charge in [0.05, 0.1) is 5.69 Å². The van der Waals surface area contributed by atoms with E-state index in [4.69, 9.17) is 9.15 Å². The third kappa shape index (κ3) is 3.17. The van der Waals surface area contributed by atoms with Crippen molar-refractivity contribution in [2.24, 2.45) is 0 Å². The third-order valence-electron chi connectivity index (χ3n) is 6.11. The molecule has 35 heavy (non-hydrogen) atoms. The van der Waals surface area contributed by atoms with Crippen molar-refractivity contribution in [1.82, 2.24) is 0 Å². The predicted octanol–water partition coefficient (Wildman–Crippen LogP) is 5.28. The van der Waals surface area contributed by atoms with Crippen molar-refractivity contribution in [3.05, 3.63) is 112 Å². The predicted molar refractivity (Wildman–Crippen MR) is 131 cm³/mol. The van der Waals surface area contributed by atoms with E-state index in [2.05, 4.69) is 5.32 Å². The number of hydrogen-bond donors (Lipinski definition) is 4. The van der Waals surface area contributed by atoms with Crippen molar-refractivity contribution in [3.8, 4) is 34.3 Å². The molecule has 1 aliphatic heterocycles. The molecule has 4 N–H and O–H groups in total. The van der Waals surface area contributed by atoms with Gasteiger partial charge in [-0.1, -0.05) is 60.7 Å². The number of benzene rings is 4. The first-order valence-corrected chi connectivity index (χ1v) is 10.9. The number of anilines is 1. The maximum Gasteiger partial charge on any atom is 0.238 e. The van der Waals surface area contributed by atoms with Crippen LogP contribution in [0.4, 0.5) is 5.69 Å². The Balaban J connectivity index is 1.50. The number of rotatable bonds is 3. The van der Waals surface area contributed by atoms with Crippen LogP contribution in [0.1, 0.15) is 11.1 Å². The van der Waals surface area contributed by atoms with Crippen molar-refractivity contribution in [2.45, 2.75) is 5.72 Å². The van der Waals surface area contributed by atoms with Crippen LogP contribution >= 0.6 is 0 Å². The van der Waals surface area contributed by atoms with Crippen LogP contribution in [0.3, 0.4) is 0 Å². The number of phenols is 2. The topological polar surface area (TPSA) is 112 Å². The van der Waals surface area contributed by atoms with Gasteiger partial charge in [-0.05, 0) is 18.2 Å². The van der Waals surface area contributed by atoms with E-state index in [0.717, 1.165) is 22.9 Å². The molecule has 7 heteroatoms. The second-order valence-corrected chi connectivity index (χ2v) is 8.30. The maximum absolute atomic E-state index is 12.8. The van der Waals surface area contributed by atoms with Crippen LogP contribution in [0.15, 0.2) is 100 Å². The maximum atomic E-state index is 12.8. The van der Waals surface area contributed by atoms with Crippen LogP contribution < -0.4 is 15.5 Å². The van der Waals surface area contributed by atoms with E-state index in [1.807, 2.05) is 60.7 Å². The van der Waals surface area contributed by atoms with Gasteiger partial charge in [0.2, 0.25) is 16.9 Å². The minimum Gasteiger partial charge on any atom is -0.508 e. The lowest BCUT2D eigenvalue weighted by Gasteiger charge is -2.30. The van der Waals surface area contributed by atoms with Gasteiger partial charge in [0.25, 0.3) is 0 Å². The first-order chi connectivity index (χ1) is 17.0. The summed E-state index contributed by atoms with van der Waals surface area (Å²) in [6.07, 6.45) is 0. The Morgan fingerprint density at radius 2 is 1.43 bits per heavy atom. The molecule has 0 amide bonds. The molecule has 4 aromatic carbocycles. The van der Waals surface area contributed by atoms with Gasteiger partial charge in [-0.3, -0.25) is 4.79 Å². The minimum atomic E-state index is -0.979. The van der Waals surface area contributed by atoms with Crippen LogP contribution in [0, 0.1) is 0 Å². The highest BCUT2D eigenvalue weighted by molar-refractivity contribution is 5.88. The van der Waals surface area contributed by atoms with E-state index in [-0.39, 0.29) is 22.5 Å². The Bertz CT molecular complexity index is 1600. The molecule has 2 heterocycles. The van der Waals surface area contributed by atoms with E-state index in [1.165, 1.54) is 6.07 Å². The Hall–Kier alpha value is -4.91. The highest BCUT2D eigenvalue weighted by atomic mass is 16.5. The molecule has 1 aliphatic rings. The molecule has 0 radical (unpaired) electrons. The molecule has 0 spiro atoms. The summed E-state index contributed by atoms with van der Waals surface area (Å²) >= 11 is 0. The summed E-state index contributed by atoms with van der Waals surface area (Å²) in [6, 6.07) is 26.9. The lowest BCUT2D eigenvalue weighted by atomic mass is 9.94. The summed E-state index contributed by atoms with van der Waals surface area (Å²) in [5, 5.41) is 33.8. The highest BCUT2D eigenvalue weighted by Gasteiger charge is 2.42. The molecular formula is C28H19NO6. The zero-order valence-electron chi connectivity index (χ0n) is 18.2. The average Bonchev–Trinajstić information content (AvgIpc) is 3.27. The minimum absolute atomic E-state index is 0.0530. The van der Waals surface area contributed by atoms with Crippen LogP contribution in [0.5, 0.6) is 23.0 Å². The van der Waals surface area contributed by atoms with E-state index in [1.54, 1.807) is 18.2 Å². The monoisotopic (exact) mass is 465 g/mol. The van der Waals surface area contributed by atoms with E-state index in [0.29, 0.717) is 11.3 Å². The Kier molecular flexibility index (Phi) is 4.47. The molecule has 0 saturated heterocycles. The van der Waals surface area contributed by atoms with Crippen molar-refractivity contribution < 1.29 is 24.5 Å². The van der Waals surface area contributed by atoms with Gasteiger partial charge in [-0.2, -0.15) is 0 Å². The number of aromatic hydroxyl groups is 3. The summed E-state index contributed by atoms with van der Waals surface area (Å²) in [6.45, 7) is 0. The highest BCUT2D eigenvalue weighted by Crippen LogP contribution is 2.47. The first-order valence-electron chi connectivity index (χ1n) is 10.9. The van der Waals surface area contributed by atoms with Crippen molar-refractivity contribution in [1.29, 1.82) is 0 Å². The molecule has 0 saturated carbocycles. The van der Waals surface area contributed by atoms with Crippen molar-refractivity contribution in [3.63, 3.8) is 0 Å². The number of hydrogen-bond acceptors (Lipinski definition) is 7. The first kappa shape index (κ1) is 20.7. The zero-order valence-corrected chi connectivity index (χ0v) is 18.2. The molecule has 0 aliphatic carbocycles. The lowest BCUT2D eigenvalue weighted by Crippen LogP contribution is -2.38. The molecular weight excluding hydrogens is 446 g/mol. The molecule has 6 rings (SSSR count). The second-order valence-electron chi connectivity index (χ2n) is 8.30. The van der Waals surface area contributed by atoms with E-state index < -0.39 is 22.7 Å². The molecule has 0 unspecified atom stereocenters. The van der Waals surface area contributed by atoms with Crippen LogP contribution in [0.25, 0.3) is 22.3 Å². The number of nitrogens with one attached hydrogen (secondary N) is 1. The van der Waals surface area contributed by atoms with Crippen molar-refractivity contribution >= 4 is 16.7 Å². The fourth-order valence-corrected chi connectivity index (χ4v) is 4.48. The van der Waals surface area contributed by atoms with Gasteiger partial charge < -0.3 is 29.8 Å². The summed E-state index contributed by atoms with van der Waals surface area (Å²) in [4.78, 5) is 12.8. The largest absolute Gasteiger partial charge is 0.508 e. The summed E-state index contributed by atoms with van der Waals surface area (Å²) < 4.78 is 12.3. The number of phenolic OH excluding ortho intramolecular Hbond substituents is 2. The van der Waals surface area contributed by atoms with E-state index >= 15 is 0 Å². The Labute approximate surface area is 199 Å². The van der Waals surface area contributed by atoms with Gasteiger partial charge in [-0.25, -0.2) is 0 Å². The summed E-state index contributed by atoms with van der Waals surface area (Å²) in [7, 11) is 0. The zero-order chi connectivity index (χ0) is 24.2. The quantitative estimate of drug-likeness (QED) is 0.287. The molecule has 0 fully saturated rings. The third-order valence-corrected chi connectivity index (χ3v) is 6.11. The summed E-state index contributed by atoms with van der Waals surface area (Å²) in [5.74, 6) is -1.01. The van der Waals surface area contributed by atoms with Crippen LogP contribution in [0.2, 0.25) is 0 Å². The fourth-order valence-electron chi connectivity index (χ4n) is 4.48. The molecule has 1 aromatic heterocycles. The molecule has 5 aromatic rings.